The lowest BCUT2D eigenvalue weighted by atomic mass is 10.1. The Bertz CT molecular complexity index is 1020. The Hall–Kier alpha value is -3.12. The predicted octanol–water partition coefficient (Wildman–Crippen LogP) is 4.81. The molecule has 1 N–H and O–H groups in total. The quantitative estimate of drug-likeness (QED) is 0.662. The minimum Gasteiger partial charge on any atom is -0.454 e. The van der Waals surface area contributed by atoms with Gasteiger partial charge in [0.05, 0.1) is 5.69 Å². The summed E-state index contributed by atoms with van der Waals surface area (Å²) in [5.74, 6) is 1.24. The average Bonchev–Trinajstić information content (AvgIpc) is 3.26. The topological polar surface area (TPSA) is 60.5 Å². The molecule has 27 heavy (non-hydrogen) atoms. The Morgan fingerprint density at radius 1 is 1.11 bits per heavy atom. The number of rotatable bonds is 4. The number of thiazole rings is 1. The van der Waals surface area contributed by atoms with Gasteiger partial charge in [-0.25, -0.2) is 4.98 Å². The van der Waals surface area contributed by atoms with Gasteiger partial charge in [0.15, 0.2) is 16.6 Å². The van der Waals surface area contributed by atoms with E-state index in [1.807, 2.05) is 56.3 Å². The second-order valence-electron chi connectivity index (χ2n) is 6.23. The first-order valence-electron chi connectivity index (χ1n) is 8.52. The highest BCUT2D eigenvalue weighted by atomic mass is 32.1. The highest BCUT2D eigenvalue weighted by molar-refractivity contribution is 7.16. The first-order chi connectivity index (χ1) is 13.1. The Balaban J connectivity index is 1.48. The number of aryl methyl sites for hydroxylation is 2. The second kappa shape index (κ2) is 7.25. The molecular formula is C21H18N2O3S. The van der Waals surface area contributed by atoms with Crippen LogP contribution in [0, 0.1) is 13.8 Å². The van der Waals surface area contributed by atoms with Crippen LogP contribution in [0.2, 0.25) is 0 Å². The number of benzene rings is 2. The van der Waals surface area contributed by atoms with Gasteiger partial charge in [-0.05, 0) is 43.7 Å². The van der Waals surface area contributed by atoms with Crippen molar-refractivity contribution in [2.45, 2.75) is 13.8 Å². The van der Waals surface area contributed by atoms with Gasteiger partial charge in [-0.2, -0.15) is 0 Å². The number of nitrogens with one attached hydrogen (secondary N) is 1. The van der Waals surface area contributed by atoms with Crippen LogP contribution in [0.1, 0.15) is 16.0 Å². The Morgan fingerprint density at radius 2 is 1.89 bits per heavy atom. The number of anilines is 1. The summed E-state index contributed by atoms with van der Waals surface area (Å²) in [7, 11) is 0. The normalized spacial score (nSPS) is 12.5. The number of carbonyl (C=O) groups is 1. The van der Waals surface area contributed by atoms with Crippen LogP contribution in [-0.4, -0.2) is 17.7 Å². The fraction of sp³-hybridized carbons (Fsp3) is 0.143. The van der Waals surface area contributed by atoms with Crippen LogP contribution in [0.5, 0.6) is 11.5 Å². The standard InChI is InChI=1S/C21H18N2O3S/c1-13-3-5-15(6-4-13)7-10-19(24)22-21-23-20(14(2)27-21)16-8-9-17-18(11-16)26-12-25-17/h3-11H,12H2,1-2H3,(H,22,23,24)/b10-7+. The van der Waals surface area contributed by atoms with E-state index < -0.39 is 0 Å². The smallest absolute Gasteiger partial charge is 0.250 e. The van der Waals surface area contributed by atoms with Crippen LogP contribution < -0.4 is 14.8 Å². The minimum atomic E-state index is -0.207. The molecule has 2 aromatic carbocycles. The molecule has 2 heterocycles. The number of hydrogen-bond acceptors (Lipinski definition) is 5. The summed E-state index contributed by atoms with van der Waals surface area (Å²) >= 11 is 1.45. The maximum absolute atomic E-state index is 12.2. The number of hydrogen-bond donors (Lipinski definition) is 1. The van der Waals surface area contributed by atoms with Crippen LogP contribution in [0.4, 0.5) is 5.13 Å². The summed E-state index contributed by atoms with van der Waals surface area (Å²) in [6.07, 6.45) is 3.30. The van der Waals surface area contributed by atoms with Gasteiger partial charge in [0.1, 0.15) is 0 Å². The van der Waals surface area contributed by atoms with Crippen molar-refractivity contribution in [2.75, 3.05) is 12.1 Å². The fourth-order valence-electron chi connectivity index (χ4n) is 2.76. The average molecular weight is 378 g/mol. The zero-order chi connectivity index (χ0) is 18.8. The highest BCUT2D eigenvalue weighted by Crippen LogP contribution is 2.38. The number of aromatic nitrogens is 1. The van der Waals surface area contributed by atoms with Crippen LogP contribution in [0.25, 0.3) is 17.3 Å². The molecule has 1 aliphatic rings. The number of amides is 1. The molecule has 0 fully saturated rings. The third-order valence-corrected chi connectivity index (χ3v) is 5.06. The van der Waals surface area contributed by atoms with E-state index in [0.717, 1.165) is 27.4 Å². The number of carbonyl (C=O) groups excluding carboxylic acids is 1. The third-order valence-electron chi connectivity index (χ3n) is 4.18. The molecule has 1 amide bonds. The van der Waals surface area contributed by atoms with Crippen molar-refractivity contribution in [1.82, 2.24) is 4.98 Å². The van der Waals surface area contributed by atoms with Gasteiger partial charge in [0.25, 0.3) is 0 Å². The largest absolute Gasteiger partial charge is 0.454 e. The van der Waals surface area contributed by atoms with Gasteiger partial charge in [-0.3, -0.25) is 10.1 Å². The van der Waals surface area contributed by atoms with E-state index in [9.17, 15) is 4.79 Å². The van der Waals surface area contributed by atoms with E-state index in [2.05, 4.69) is 10.3 Å². The van der Waals surface area contributed by atoms with E-state index >= 15 is 0 Å². The predicted molar refractivity (Wildman–Crippen MR) is 107 cm³/mol. The summed E-state index contributed by atoms with van der Waals surface area (Å²) in [6.45, 7) is 4.25. The molecule has 0 aliphatic carbocycles. The van der Waals surface area contributed by atoms with Crippen molar-refractivity contribution in [3.63, 3.8) is 0 Å². The first-order valence-corrected chi connectivity index (χ1v) is 9.33. The van der Waals surface area contributed by atoms with Gasteiger partial charge in [0, 0.05) is 16.5 Å². The zero-order valence-corrected chi connectivity index (χ0v) is 15.8. The van der Waals surface area contributed by atoms with E-state index in [0.29, 0.717) is 10.9 Å². The summed E-state index contributed by atoms with van der Waals surface area (Å²) in [4.78, 5) is 17.8. The SMILES string of the molecule is Cc1ccc(/C=C/C(=O)Nc2nc(-c3ccc4c(c3)OCO4)c(C)s2)cc1. The molecule has 4 rings (SSSR count). The van der Waals surface area contributed by atoms with E-state index in [-0.39, 0.29) is 12.7 Å². The molecule has 6 heteroatoms. The molecular weight excluding hydrogens is 360 g/mol. The van der Waals surface area contributed by atoms with E-state index in [1.54, 1.807) is 6.08 Å². The van der Waals surface area contributed by atoms with Crippen LogP contribution in [0.3, 0.4) is 0 Å². The molecule has 0 spiro atoms. The molecule has 0 bridgehead atoms. The molecule has 0 atom stereocenters. The maximum atomic E-state index is 12.2. The summed E-state index contributed by atoms with van der Waals surface area (Å²) in [5, 5.41) is 3.40. The summed E-state index contributed by atoms with van der Waals surface area (Å²) in [6, 6.07) is 13.7. The zero-order valence-electron chi connectivity index (χ0n) is 15.0. The van der Waals surface area contributed by atoms with Gasteiger partial charge in [-0.1, -0.05) is 29.8 Å². The molecule has 0 saturated carbocycles. The number of ether oxygens (including phenoxy) is 2. The van der Waals surface area contributed by atoms with E-state index in [4.69, 9.17) is 9.47 Å². The Labute approximate surface area is 161 Å². The van der Waals surface area contributed by atoms with Crippen LogP contribution in [-0.2, 0) is 4.79 Å². The summed E-state index contributed by atoms with van der Waals surface area (Å²) < 4.78 is 10.8. The van der Waals surface area contributed by atoms with Crippen molar-refractivity contribution in [1.29, 1.82) is 0 Å². The Kier molecular flexibility index (Phi) is 4.64. The van der Waals surface area contributed by atoms with Crippen molar-refractivity contribution >= 4 is 28.5 Å². The van der Waals surface area contributed by atoms with Gasteiger partial charge in [0.2, 0.25) is 12.7 Å². The van der Waals surface area contributed by atoms with Gasteiger partial charge >= 0.3 is 0 Å². The van der Waals surface area contributed by atoms with Gasteiger partial charge < -0.3 is 9.47 Å². The monoisotopic (exact) mass is 378 g/mol. The minimum absolute atomic E-state index is 0.207. The van der Waals surface area contributed by atoms with E-state index in [1.165, 1.54) is 23.0 Å². The maximum Gasteiger partial charge on any atom is 0.250 e. The highest BCUT2D eigenvalue weighted by Gasteiger charge is 2.17. The molecule has 136 valence electrons. The fourth-order valence-corrected chi connectivity index (χ4v) is 3.60. The Morgan fingerprint density at radius 3 is 2.70 bits per heavy atom. The molecule has 3 aromatic rings. The van der Waals surface area contributed by atoms with Crippen molar-refractivity contribution in [3.05, 3.63) is 64.5 Å². The lowest BCUT2D eigenvalue weighted by Gasteiger charge is -2.01. The first kappa shape index (κ1) is 17.3. The van der Waals surface area contributed by atoms with Gasteiger partial charge in [-0.15, -0.1) is 11.3 Å². The van der Waals surface area contributed by atoms with Crippen molar-refractivity contribution < 1.29 is 14.3 Å². The number of fused-ring (bicyclic) bond motifs is 1. The third kappa shape index (κ3) is 3.85. The lowest BCUT2D eigenvalue weighted by Crippen LogP contribution is -2.07. The summed E-state index contributed by atoms with van der Waals surface area (Å²) in [5.41, 5.74) is 3.93. The molecule has 0 radical (unpaired) electrons. The van der Waals surface area contributed by atoms with Crippen molar-refractivity contribution in [2.24, 2.45) is 0 Å². The van der Waals surface area contributed by atoms with Crippen LogP contribution in [0.15, 0.2) is 48.5 Å². The van der Waals surface area contributed by atoms with Crippen molar-refractivity contribution in [3.8, 4) is 22.8 Å². The lowest BCUT2D eigenvalue weighted by molar-refractivity contribution is -0.111. The molecule has 1 aliphatic heterocycles. The van der Waals surface area contributed by atoms with Crippen LogP contribution >= 0.6 is 11.3 Å². The molecule has 5 nitrogen and oxygen atoms in total. The number of nitrogens with zero attached hydrogens (tertiary/aromatic N) is 1. The molecule has 1 aromatic heterocycles. The second-order valence-corrected chi connectivity index (χ2v) is 7.43. The molecule has 0 saturated heterocycles. The molecule has 0 unspecified atom stereocenters.